The van der Waals surface area contributed by atoms with Crippen molar-refractivity contribution in [3.63, 3.8) is 0 Å². The van der Waals surface area contributed by atoms with Crippen LogP contribution in [0.2, 0.25) is 0 Å². The van der Waals surface area contributed by atoms with Crippen LogP contribution in [0.3, 0.4) is 0 Å². The summed E-state index contributed by atoms with van der Waals surface area (Å²) in [6.45, 7) is 4.18. The molecule has 158 valence electrons. The number of aromatic nitrogens is 1. The van der Waals surface area contributed by atoms with Gasteiger partial charge >= 0.3 is 6.09 Å². The molecule has 0 radical (unpaired) electrons. The number of aliphatic hydroxyl groups excluding tert-OH is 1. The zero-order valence-electron chi connectivity index (χ0n) is 16.9. The second kappa shape index (κ2) is 7.82. The third-order valence-electron chi connectivity index (χ3n) is 6.89. The molecule has 8 heteroatoms. The van der Waals surface area contributed by atoms with Gasteiger partial charge in [0.05, 0.1) is 23.4 Å². The van der Waals surface area contributed by atoms with Crippen molar-refractivity contribution in [2.24, 2.45) is 5.41 Å². The third-order valence-corrected chi connectivity index (χ3v) is 6.89. The number of nitrogens with zero attached hydrogens (tertiary/aromatic N) is 3. The van der Waals surface area contributed by atoms with Crippen LogP contribution in [0.25, 0.3) is 0 Å². The fourth-order valence-electron chi connectivity index (χ4n) is 5.23. The van der Waals surface area contributed by atoms with Crippen LogP contribution < -0.4 is 10.2 Å². The molecule has 1 aliphatic carbocycles. The minimum atomic E-state index is -1.11. The first-order valence-electron chi connectivity index (χ1n) is 10.6. The van der Waals surface area contributed by atoms with Crippen molar-refractivity contribution in [1.29, 1.82) is 0 Å². The molecule has 29 heavy (non-hydrogen) atoms. The Bertz CT molecular complexity index is 793. The summed E-state index contributed by atoms with van der Waals surface area (Å²) in [5, 5.41) is 21.1. The Morgan fingerprint density at radius 2 is 2.00 bits per heavy atom. The van der Waals surface area contributed by atoms with Gasteiger partial charge in [-0.1, -0.05) is 0 Å². The van der Waals surface area contributed by atoms with Crippen LogP contribution in [0.15, 0.2) is 12.3 Å². The lowest BCUT2D eigenvalue weighted by atomic mass is 9.78. The molecule has 1 aromatic rings. The maximum atomic E-state index is 13.4. The Kier molecular flexibility index (Phi) is 5.38. The number of amides is 2. The molecule has 2 saturated heterocycles. The summed E-state index contributed by atoms with van der Waals surface area (Å²) in [6.07, 6.45) is 6.32. The molecular formula is C21H30N4O4. The number of pyridine rings is 1. The molecule has 2 amide bonds. The van der Waals surface area contributed by atoms with Gasteiger partial charge in [0.25, 0.3) is 0 Å². The smallest absolute Gasteiger partial charge is 0.409 e. The monoisotopic (exact) mass is 402 g/mol. The van der Waals surface area contributed by atoms with E-state index >= 15 is 0 Å². The van der Waals surface area contributed by atoms with Crippen LogP contribution in [0.4, 0.5) is 16.3 Å². The first kappa shape index (κ1) is 19.9. The van der Waals surface area contributed by atoms with Crippen molar-refractivity contribution in [2.75, 3.05) is 29.9 Å². The lowest BCUT2D eigenvalue weighted by Crippen LogP contribution is -2.50. The highest BCUT2D eigenvalue weighted by Gasteiger charge is 2.50. The molecule has 4 rings (SSSR count). The van der Waals surface area contributed by atoms with E-state index in [0.29, 0.717) is 12.2 Å². The van der Waals surface area contributed by atoms with E-state index in [9.17, 15) is 14.7 Å². The van der Waals surface area contributed by atoms with Crippen molar-refractivity contribution in [2.45, 2.75) is 64.0 Å². The van der Waals surface area contributed by atoms with E-state index < -0.39 is 6.09 Å². The zero-order chi connectivity index (χ0) is 20.6. The molecule has 1 aromatic heterocycles. The van der Waals surface area contributed by atoms with E-state index in [-0.39, 0.29) is 23.5 Å². The predicted molar refractivity (Wildman–Crippen MR) is 109 cm³/mol. The Morgan fingerprint density at radius 1 is 1.24 bits per heavy atom. The van der Waals surface area contributed by atoms with Gasteiger partial charge in [-0.05, 0) is 63.5 Å². The summed E-state index contributed by atoms with van der Waals surface area (Å²) < 4.78 is 0. The number of rotatable bonds is 3. The number of hydrogen-bond acceptors (Lipinski definition) is 5. The number of likely N-dealkylation sites (tertiary alicyclic amines) is 1. The number of nitrogens with one attached hydrogen (secondary N) is 1. The fraction of sp³-hybridized carbons (Fsp3) is 0.667. The van der Waals surface area contributed by atoms with Gasteiger partial charge in [0.1, 0.15) is 5.82 Å². The second-order valence-electron chi connectivity index (χ2n) is 8.80. The number of carbonyl (C=O) groups excluding carboxylic acids is 1. The van der Waals surface area contributed by atoms with E-state index in [2.05, 4.69) is 20.1 Å². The van der Waals surface area contributed by atoms with Gasteiger partial charge in [-0.15, -0.1) is 0 Å². The molecule has 0 bridgehead atoms. The van der Waals surface area contributed by atoms with Gasteiger partial charge < -0.3 is 20.0 Å². The molecule has 3 heterocycles. The maximum absolute atomic E-state index is 13.4. The molecule has 1 spiro atoms. The predicted octanol–water partition coefficient (Wildman–Crippen LogP) is 2.60. The molecule has 1 saturated carbocycles. The van der Waals surface area contributed by atoms with Crippen LogP contribution in [0.1, 0.15) is 50.5 Å². The average molecular weight is 402 g/mol. The number of hydrogen-bond donors (Lipinski definition) is 3. The van der Waals surface area contributed by atoms with E-state index in [1.54, 1.807) is 6.20 Å². The van der Waals surface area contributed by atoms with Crippen LogP contribution in [0.5, 0.6) is 0 Å². The van der Waals surface area contributed by atoms with Crippen molar-refractivity contribution in [3.8, 4) is 0 Å². The largest absolute Gasteiger partial charge is 0.465 e. The first-order chi connectivity index (χ1) is 13.9. The molecule has 3 aliphatic rings. The van der Waals surface area contributed by atoms with E-state index in [1.165, 1.54) is 0 Å². The summed E-state index contributed by atoms with van der Waals surface area (Å²) in [5.74, 6) is 1.06. The van der Waals surface area contributed by atoms with Gasteiger partial charge in [0.15, 0.2) is 0 Å². The molecule has 0 aromatic carbocycles. The second-order valence-corrected chi connectivity index (χ2v) is 8.80. The lowest BCUT2D eigenvalue weighted by molar-refractivity contribution is -0.139. The zero-order valence-corrected chi connectivity index (χ0v) is 16.9. The highest BCUT2D eigenvalue weighted by molar-refractivity contribution is 5.86. The number of carboxylic acid groups (broad SMARTS) is 1. The molecule has 2 aliphatic heterocycles. The van der Waals surface area contributed by atoms with Gasteiger partial charge in [0.2, 0.25) is 5.91 Å². The molecule has 1 atom stereocenters. The summed E-state index contributed by atoms with van der Waals surface area (Å²) in [4.78, 5) is 33.0. The number of anilines is 2. The standard InChI is InChI=1S/C21H30N4O4/c1-14-11-18(22-12-17(14)23-20(28)29)24-9-2-7-21(13-24)8-10-25(19(21)27)15-3-5-16(26)6-4-15/h11-12,15-16,23,26H,2-10,13H2,1H3,(H,28,29)/t15?,16?,21-/m0/s1. The highest BCUT2D eigenvalue weighted by atomic mass is 16.4. The topological polar surface area (TPSA) is 106 Å². The summed E-state index contributed by atoms with van der Waals surface area (Å²) in [7, 11) is 0. The Labute approximate surface area is 170 Å². The number of aliphatic hydroxyl groups is 1. The van der Waals surface area contributed by atoms with E-state index in [0.717, 1.165) is 69.4 Å². The highest BCUT2D eigenvalue weighted by Crippen LogP contribution is 2.43. The van der Waals surface area contributed by atoms with Crippen molar-refractivity contribution >= 4 is 23.5 Å². The van der Waals surface area contributed by atoms with Crippen LogP contribution >= 0.6 is 0 Å². The van der Waals surface area contributed by atoms with Crippen molar-refractivity contribution < 1.29 is 19.8 Å². The molecule has 0 unspecified atom stereocenters. The summed E-state index contributed by atoms with van der Waals surface area (Å²) in [5.41, 5.74) is 0.953. The first-order valence-corrected chi connectivity index (χ1v) is 10.6. The molecule has 8 nitrogen and oxygen atoms in total. The van der Waals surface area contributed by atoms with Crippen LogP contribution in [-0.4, -0.2) is 63.9 Å². The Morgan fingerprint density at radius 3 is 2.69 bits per heavy atom. The SMILES string of the molecule is Cc1cc(N2CCC[C@]3(CCN(C4CCC(O)CC4)C3=O)C2)ncc1NC(=O)O. The Hall–Kier alpha value is -2.35. The lowest BCUT2D eigenvalue weighted by Gasteiger charge is -2.41. The van der Waals surface area contributed by atoms with Crippen LogP contribution in [0, 0.1) is 12.3 Å². The van der Waals surface area contributed by atoms with Crippen LogP contribution in [-0.2, 0) is 4.79 Å². The van der Waals surface area contributed by atoms with Gasteiger partial charge in [-0.3, -0.25) is 10.1 Å². The minimum absolute atomic E-state index is 0.212. The molecular weight excluding hydrogens is 372 g/mol. The minimum Gasteiger partial charge on any atom is -0.465 e. The van der Waals surface area contributed by atoms with Gasteiger partial charge in [-0.25, -0.2) is 9.78 Å². The number of piperidine rings is 1. The van der Waals surface area contributed by atoms with E-state index in [4.69, 9.17) is 5.11 Å². The van der Waals surface area contributed by atoms with Gasteiger partial charge in [-0.2, -0.15) is 0 Å². The average Bonchev–Trinajstić information content (AvgIpc) is 3.00. The van der Waals surface area contributed by atoms with Crippen molar-refractivity contribution in [3.05, 3.63) is 17.8 Å². The maximum Gasteiger partial charge on any atom is 0.409 e. The normalized spacial score (nSPS) is 30.1. The third kappa shape index (κ3) is 3.90. The number of aryl methyl sites for hydroxylation is 1. The molecule has 3 fully saturated rings. The Balaban J connectivity index is 1.47. The fourth-order valence-corrected chi connectivity index (χ4v) is 5.23. The van der Waals surface area contributed by atoms with E-state index in [1.807, 2.05) is 13.0 Å². The molecule has 3 N–H and O–H groups in total. The number of carbonyl (C=O) groups is 2. The quantitative estimate of drug-likeness (QED) is 0.718. The summed E-state index contributed by atoms with van der Waals surface area (Å²) >= 11 is 0. The van der Waals surface area contributed by atoms with Crippen molar-refractivity contribution in [1.82, 2.24) is 9.88 Å². The van der Waals surface area contributed by atoms with Gasteiger partial charge in [0, 0.05) is 25.7 Å². The summed E-state index contributed by atoms with van der Waals surface area (Å²) in [6, 6.07) is 2.16.